The Morgan fingerprint density at radius 1 is 1.50 bits per heavy atom. The van der Waals surface area contributed by atoms with Gasteiger partial charge in [0.25, 0.3) is 0 Å². The van der Waals surface area contributed by atoms with Gasteiger partial charge < -0.3 is 20.1 Å². The lowest BCUT2D eigenvalue weighted by Crippen LogP contribution is -1.90. The molecule has 0 saturated carbocycles. The van der Waals surface area contributed by atoms with Gasteiger partial charge in [-0.25, -0.2) is 4.39 Å². The largest absolute Gasteiger partial charge is 0.502 e. The van der Waals surface area contributed by atoms with Gasteiger partial charge in [-0.2, -0.15) is 0 Å². The van der Waals surface area contributed by atoms with Crippen LogP contribution in [0.5, 0.6) is 11.5 Å². The molecule has 3 N–H and O–H groups in total. The van der Waals surface area contributed by atoms with E-state index in [1.165, 1.54) is 19.2 Å². The summed E-state index contributed by atoms with van der Waals surface area (Å²) in [6, 6.07) is 3.97. The van der Waals surface area contributed by atoms with E-state index in [-0.39, 0.29) is 11.6 Å². The van der Waals surface area contributed by atoms with Crippen molar-refractivity contribution in [2.75, 3.05) is 12.8 Å². The van der Waals surface area contributed by atoms with Crippen LogP contribution in [0.2, 0.25) is 0 Å². The van der Waals surface area contributed by atoms with Crippen LogP contribution in [0, 0.1) is 5.82 Å². The number of nitrogen functional groups attached to an aromatic ring is 1. The number of rotatable bonds is 2. The van der Waals surface area contributed by atoms with Gasteiger partial charge in [0.2, 0.25) is 0 Å². The van der Waals surface area contributed by atoms with E-state index in [9.17, 15) is 9.50 Å². The summed E-state index contributed by atoms with van der Waals surface area (Å²) in [7, 11) is 1.32. The van der Waals surface area contributed by atoms with Crippen molar-refractivity contribution in [3.63, 3.8) is 0 Å². The lowest BCUT2D eigenvalue weighted by atomic mass is 10.1. The number of phenols is 1. The van der Waals surface area contributed by atoms with Crippen molar-refractivity contribution in [3.05, 3.63) is 24.0 Å². The highest BCUT2D eigenvalue weighted by Crippen LogP contribution is 2.39. The van der Waals surface area contributed by atoms with Crippen molar-refractivity contribution in [3.8, 4) is 22.8 Å². The second-order valence-corrected chi connectivity index (χ2v) is 3.09. The molecule has 0 unspecified atom stereocenters. The first-order valence-corrected chi connectivity index (χ1v) is 4.41. The van der Waals surface area contributed by atoms with Crippen LogP contribution in [0.1, 0.15) is 0 Å². The fourth-order valence-electron chi connectivity index (χ4n) is 1.36. The van der Waals surface area contributed by atoms with Gasteiger partial charge in [0.05, 0.1) is 12.7 Å². The van der Waals surface area contributed by atoms with E-state index >= 15 is 0 Å². The Morgan fingerprint density at radius 3 is 2.81 bits per heavy atom. The molecule has 1 heterocycles. The number of aromatic nitrogens is 1. The molecule has 1 aromatic carbocycles. The number of phenolic OH excluding ortho intramolecular Hbond substituents is 1. The third-order valence-corrected chi connectivity index (χ3v) is 2.08. The van der Waals surface area contributed by atoms with Crippen LogP contribution >= 0.6 is 0 Å². The molecule has 0 spiro atoms. The van der Waals surface area contributed by atoms with Gasteiger partial charge in [0.15, 0.2) is 28.9 Å². The van der Waals surface area contributed by atoms with Gasteiger partial charge in [-0.3, -0.25) is 0 Å². The fourth-order valence-corrected chi connectivity index (χ4v) is 1.36. The lowest BCUT2D eigenvalue weighted by molar-refractivity contribution is 0.356. The molecular weight excluding hydrogens is 215 g/mol. The van der Waals surface area contributed by atoms with Gasteiger partial charge in [-0.15, -0.1) is 0 Å². The summed E-state index contributed by atoms with van der Waals surface area (Å²) >= 11 is 0. The maximum Gasteiger partial charge on any atom is 0.195 e. The van der Waals surface area contributed by atoms with Crippen LogP contribution < -0.4 is 10.5 Å². The zero-order chi connectivity index (χ0) is 11.7. The molecule has 0 radical (unpaired) electrons. The van der Waals surface area contributed by atoms with Crippen LogP contribution in [0.4, 0.5) is 10.2 Å². The third kappa shape index (κ3) is 1.54. The quantitative estimate of drug-likeness (QED) is 0.812. The number of aromatic hydroxyl groups is 1. The molecule has 16 heavy (non-hydrogen) atoms. The Bertz CT molecular complexity index is 525. The lowest BCUT2D eigenvalue weighted by Gasteiger charge is -2.07. The molecule has 0 aliphatic rings. The van der Waals surface area contributed by atoms with Gasteiger partial charge in [0, 0.05) is 6.07 Å². The number of benzene rings is 1. The van der Waals surface area contributed by atoms with Crippen LogP contribution in [-0.4, -0.2) is 17.4 Å². The molecule has 84 valence electrons. The number of anilines is 1. The van der Waals surface area contributed by atoms with E-state index < -0.39 is 11.6 Å². The average molecular weight is 224 g/mol. The molecule has 0 saturated heterocycles. The minimum atomic E-state index is -0.770. The summed E-state index contributed by atoms with van der Waals surface area (Å²) in [5.74, 6) is -0.871. The molecule has 0 aliphatic carbocycles. The molecule has 0 bridgehead atoms. The molecule has 1 aromatic heterocycles. The zero-order valence-electron chi connectivity index (χ0n) is 8.40. The number of methoxy groups -OCH3 is 1. The zero-order valence-corrected chi connectivity index (χ0v) is 8.40. The van der Waals surface area contributed by atoms with Crippen molar-refractivity contribution in [1.82, 2.24) is 5.16 Å². The molecule has 2 aromatic rings. The van der Waals surface area contributed by atoms with Crippen LogP contribution in [-0.2, 0) is 0 Å². The van der Waals surface area contributed by atoms with Crippen LogP contribution in [0.15, 0.2) is 22.7 Å². The highest BCUT2D eigenvalue weighted by molar-refractivity contribution is 5.71. The van der Waals surface area contributed by atoms with E-state index in [2.05, 4.69) is 5.16 Å². The van der Waals surface area contributed by atoms with Crippen molar-refractivity contribution in [2.45, 2.75) is 0 Å². The van der Waals surface area contributed by atoms with Gasteiger partial charge in [-0.1, -0.05) is 5.16 Å². The van der Waals surface area contributed by atoms with E-state index in [4.69, 9.17) is 15.0 Å². The average Bonchev–Trinajstić information content (AvgIpc) is 2.68. The van der Waals surface area contributed by atoms with E-state index in [0.29, 0.717) is 11.3 Å². The van der Waals surface area contributed by atoms with E-state index in [1.807, 2.05) is 0 Å². The predicted octanol–water partition coefficient (Wildman–Crippen LogP) is 1.78. The van der Waals surface area contributed by atoms with E-state index in [0.717, 1.165) is 6.07 Å². The summed E-state index contributed by atoms with van der Waals surface area (Å²) in [6.07, 6.45) is 0. The summed E-state index contributed by atoms with van der Waals surface area (Å²) in [4.78, 5) is 0. The standard InChI is InChI=1S/C10H9FN2O3/c1-15-10-5(2-3-6(11)9(10)14)7-4-8(12)13-16-7/h2-4,14H,1H3,(H2,12,13). The summed E-state index contributed by atoms with van der Waals surface area (Å²) < 4.78 is 22.9. The van der Waals surface area contributed by atoms with Crippen molar-refractivity contribution in [1.29, 1.82) is 0 Å². The van der Waals surface area contributed by atoms with E-state index in [1.54, 1.807) is 0 Å². The molecule has 5 nitrogen and oxygen atoms in total. The normalized spacial score (nSPS) is 10.4. The Labute approximate surface area is 90.2 Å². The Kier molecular flexibility index (Phi) is 2.40. The van der Waals surface area contributed by atoms with Crippen molar-refractivity contribution < 1.29 is 18.8 Å². The number of hydrogen-bond acceptors (Lipinski definition) is 5. The van der Waals surface area contributed by atoms with Crippen molar-refractivity contribution >= 4 is 5.82 Å². The van der Waals surface area contributed by atoms with Gasteiger partial charge >= 0.3 is 0 Å². The van der Waals surface area contributed by atoms with Crippen LogP contribution in [0.3, 0.4) is 0 Å². The number of halogens is 1. The molecule has 0 atom stereocenters. The second kappa shape index (κ2) is 3.73. The summed E-state index contributed by atoms with van der Waals surface area (Å²) in [5.41, 5.74) is 5.77. The maximum absolute atomic E-state index is 13.1. The minimum absolute atomic E-state index is 0.0175. The first kappa shape index (κ1) is 10.3. The fraction of sp³-hybridized carbons (Fsp3) is 0.100. The monoisotopic (exact) mass is 224 g/mol. The number of nitrogens with two attached hydrogens (primary N) is 1. The molecule has 2 rings (SSSR count). The number of ether oxygens (including phenoxy) is 1. The Hall–Kier alpha value is -2.24. The molecule has 6 heteroatoms. The van der Waals surface area contributed by atoms with Crippen molar-refractivity contribution in [2.24, 2.45) is 0 Å². The molecule has 0 fully saturated rings. The first-order valence-electron chi connectivity index (χ1n) is 4.41. The van der Waals surface area contributed by atoms with Gasteiger partial charge in [-0.05, 0) is 12.1 Å². The molecule has 0 amide bonds. The highest BCUT2D eigenvalue weighted by atomic mass is 19.1. The summed E-state index contributed by atoms with van der Waals surface area (Å²) in [5, 5.41) is 12.9. The summed E-state index contributed by atoms with van der Waals surface area (Å²) in [6.45, 7) is 0. The topological polar surface area (TPSA) is 81.5 Å². The number of nitrogens with zero attached hydrogens (tertiary/aromatic N) is 1. The first-order chi connectivity index (χ1) is 7.63. The highest BCUT2D eigenvalue weighted by Gasteiger charge is 2.17. The third-order valence-electron chi connectivity index (χ3n) is 2.08. The molecular formula is C10H9FN2O3. The van der Waals surface area contributed by atoms with Crippen LogP contribution in [0.25, 0.3) is 11.3 Å². The molecule has 0 aliphatic heterocycles. The predicted molar refractivity (Wildman–Crippen MR) is 54.5 cm³/mol. The number of hydrogen-bond donors (Lipinski definition) is 2. The Balaban J connectivity index is 2.61. The Morgan fingerprint density at radius 2 is 2.25 bits per heavy atom. The van der Waals surface area contributed by atoms with Gasteiger partial charge in [0.1, 0.15) is 0 Å². The second-order valence-electron chi connectivity index (χ2n) is 3.09. The maximum atomic E-state index is 13.1. The smallest absolute Gasteiger partial charge is 0.195 e. The minimum Gasteiger partial charge on any atom is -0.502 e. The SMILES string of the molecule is COc1c(-c2cc(N)no2)ccc(F)c1O.